The van der Waals surface area contributed by atoms with Crippen LogP contribution < -0.4 is 5.73 Å². The number of nitrogens with one attached hydrogen (secondary N) is 1. The van der Waals surface area contributed by atoms with Gasteiger partial charge in [0, 0.05) is 17.3 Å². The fourth-order valence-electron chi connectivity index (χ4n) is 4.95. The van der Waals surface area contributed by atoms with E-state index in [9.17, 15) is 27.2 Å². The number of aromatic amines is 1. The Morgan fingerprint density at radius 3 is 2.55 bits per heavy atom. The van der Waals surface area contributed by atoms with E-state index in [1.54, 1.807) is 42.5 Å². The molecule has 2 aliphatic rings. The molecule has 0 unspecified atom stereocenters. The minimum Gasteiger partial charge on any atom is -0.447 e. The number of aliphatic imine (C=N–C) groups is 1. The van der Waals surface area contributed by atoms with E-state index >= 15 is 0 Å². The number of benzene rings is 2. The number of nitrogens with zero attached hydrogens (tertiary/aromatic N) is 7. The number of hydrogen-bond donors (Lipinski definition) is 2. The fourth-order valence-corrected chi connectivity index (χ4v) is 5.15. The first-order chi connectivity index (χ1) is 21.0. The number of rotatable bonds is 8. The van der Waals surface area contributed by atoms with Crippen molar-refractivity contribution in [3.8, 4) is 22.5 Å². The molecule has 228 valence electrons. The van der Waals surface area contributed by atoms with Crippen LogP contribution in [0.4, 0.5) is 22.4 Å². The van der Waals surface area contributed by atoms with E-state index in [-0.39, 0.29) is 5.96 Å². The Labute approximate surface area is 251 Å². The molecule has 4 aromatic rings. The zero-order valence-corrected chi connectivity index (χ0v) is 23.2. The minimum absolute atomic E-state index is 0.171. The van der Waals surface area contributed by atoms with Gasteiger partial charge in [-0.1, -0.05) is 41.9 Å². The van der Waals surface area contributed by atoms with Crippen LogP contribution in [0.15, 0.2) is 66.2 Å². The number of guanidine groups is 1. The lowest BCUT2D eigenvalue weighted by Gasteiger charge is -2.38. The van der Waals surface area contributed by atoms with Gasteiger partial charge in [0.2, 0.25) is 0 Å². The molecule has 1 fully saturated rings. The molecule has 12 nitrogen and oxygen atoms in total. The van der Waals surface area contributed by atoms with Crippen LogP contribution >= 0.6 is 11.6 Å². The van der Waals surface area contributed by atoms with Gasteiger partial charge in [0.05, 0.1) is 30.4 Å². The van der Waals surface area contributed by atoms with Gasteiger partial charge >= 0.3 is 12.6 Å². The largest absolute Gasteiger partial charge is 0.447 e. The molecule has 2 aromatic carbocycles. The molecule has 0 bridgehead atoms. The second-order valence-corrected chi connectivity index (χ2v) is 10.5. The Balaban J connectivity index is 1.27. The molecular weight excluding hydrogens is 610 g/mol. The van der Waals surface area contributed by atoms with Gasteiger partial charge in [-0.15, -0.1) is 0 Å². The van der Waals surface area contributed by atoms with Crippen LogP contribution in [0.25, 0.3) is 22.5 Å². The lowest BCUT2D eigenvalue weighted by atomic mass is 10.00. The predicted molar refractivity (Wildman–Crippen MR) is 148 cm³/mol. The van der Waals surface area contributed by atoms with Crippen molar-refractivity contribution in [3.05, 3.63) is 77.3 Å². The molecule has 3 N–H and O–H groups in total. The lowest BCUT2D eigenvalue weighted by Crippen LogP contribution is -2.58. The Morgan fingerprint density at radius 2 is 1.91 bits per heavy atom. The average Bonchev–Trinajstić information content (AvgIpc) is 3.75. The van der Waals surface area contributed by atoms with Crippen LogP contribution in [0.2, 0.25) is 5.02 Å². The smallest absolute Gasteiger partial charge is 0.410 e. The topological polar surface area (TPSA) is 148 Å². The van der Waals surface area contributed by atoms with Gasteiger partial charge in [-0.05, 0) is 28.8 Å². The van der Waals surface area contributed by atoms with E-state index in [0.717, 1.165) is 9.80 Å². The molecule has 44 heavy (non-hydrogen) atoms. The van der Waals surface area contributed by atoms with Crippen molar-refractivity contribution in [3.63, 3.8) is 0 Å². The Bertz CT molecular complexity index is 1720. The zero-order valence-electron chi connectivity index (χ0n) is 22.4. The number of H-pyrrole nitrogens is 1. The summed E-state index contributed by atoms with van der Waals surface area (Å²) in [5.41, 5.74) is 8.62. The maximum atomic E-state index is 13.8. The van der Waals surface area contributed by atoms with Gasteiger partial charge in [-0.3, -0.25) is 19.7 Å². The van der Waals surface area contributed by atoms with Crippen molar-refractivity contribution in [1.82, 2.24) is 34.8 Å². The van der Waals surface area contributed by atoms with Gasteiger partial charge in [0.25, 0.3) is 11.8 Å². The number of likely N-dealkylation sites (tertiary alicyclic amines) is 1. The molecule has 2 aliphatic heterocycles. The van der Waals surface area contributed by atoms with E-state index < -0.39 is 56.3 Å². The minimum atomic E-state index is -2.99. The highest BCUT2D eigenvalue weighted by molar-refractivity contribution is 6.33. The quantitative estimate of drug-likeness (QED) is 0.274. The van der Waals surface area contributed by atoms with Gasteiger partial charge < -0.3 is 10.5 Å². The fraction of sp³-hybridized carbons (Fsp3) is 0.259. The highest BCUT2D eigenvalue weighted by atomic mass is 35.5. The van der Waals surface area contributed by atoms with Crippen LogP contribution in [0.5, 0.6) is 0 Å². The molecule has 4 heterocycles. The van der Waals surface area contributed by atoms with Crippen LogP contribution in [-0.2, 0) is 9.53 Å². The third-order valence-corrected chi connectivity index (χ3v) is 7.49. The van der Waals surface area contributed by atoms with Gasteiger partial charge in [-0.25, -0.2) is 28.2 Å². The number of carbonyl (C=O) groups is 2. The molecule has 17 heteroatoms. The molecule has 0 radical (unpaired) electrons. The molecule has 2 aromatic heterocycles. The number of halogens is 5. The summed E-state index contributed by atoms with van der Waals surface area (Å²) in [4.78, 5) is 36.8. The number of nitrogens with two attached hydrogens (primary N) is 1. The summed E-state index contributed by atoms with van der Waals surface area (Å²) in [6, 6.07) is 9.16. The third kappa shape index (κ3) is 5.55. The Morgan fingerprint density at radius 1 is 1.16 bits per heavy atom. The summed E-state index contributed by atoms with van der Waals surface area (Å²) < 4.78 is 58.4. The van der Waals surface area contributed by atoms with E-state index in [4.69, 9.17) is 22.1 Å². The second-order valence-electron chi connectivity index (χ2n) is 10.1. The summed E-state index contributed by atoms with van der Waals surface area (Å²) >= 11 is 6.39. The summed E-state index contributed by atoms with van der Waals surface area (Å²) in [5, 5.41) is 10.5. The number of amides is 2. The summed E-state index contributed by atoms with van der Waals surface area (Å²) in [7, 11) is 0. The van der Waals surface area contributed by atoms with Crippen molar-refractivity contribution in [2.45, 2.75) is 24.6 Å². The van der Waals surface area contributed by atoms with Gasteiger partial charge in [0.1, 0.15) is 12.9 Å². The van der Waals surface area contributed by atoms with Gasteiger partial charge in [-0.2, -0.15) is 19.0 Å². The molecule has 2 atom stereocenters. The normalized spacial score (nSPS) is 18.4. The van der Waals surface area contributed by atoms with E-state index in [2.05, 4.69) is 25.3 Å². The monoisotopic (exact) mass is 631 g/mol. The highest BCUT2D eigenvalue weighted by Gasteiger charge is 2.47. The summed E-state index contributed by atoms with van der Waals surface area (Å²) in [6.07, 6.45) is 2.81. The maximum Gasteiger partial charge on any atom is 0.410 e. The van der Waals surface area contributed by atoms with Crippen LogP contribution in [-0.4, -0.2) is 78.3 Å². The van der Waals surface area contributed by atoms with Gasteiger partial charge in [0.15, 0.2) is 17.8 Å². The average molecular weight is 632 g/mol. The molecule has 2 amide bonds. The standard InChI is InChI=1S/C27H22ClF4N9O3/c28-19-6-5-16(7-18(19)22-34-13-35-38-22)20(10-44-26(43)39-11-27(31,32)12-39)41-23(42)21(37-25(41)33)15-3-1-14(2-4-15)17-8-36-40(9-17)24(29)30/h1-9,13,20-21,24H,10-12H2,(H2,33,37)(H,34,35,38)/t20-,21-/m1/s1. The highest BCUT2D eigenvalue weighted by Crippen LogP contribution is 2.36. The van der Waals surface area contributed by atoms with Crippen molar-refractivity contribution in [2.75, 3.05) is 19.7 Å². The van der Waals surface area contributed by atoms with E-state index in [1.165, 1.54) is 18.7 Å². The molecular formula is C27H22ClF4N9O3. The number of alkyl halides is 4. The van der Waals surface area contributed by atoms with Crippen LogP contribution in [0.1, 0.15) is 29.8 Å². The predicted octanol–water partition coefficient (Wildman–Crippen LogP) is 4.41. The van der Waals surface area contributed by atoms with Crippen LogP contribution in [0.3, 0.4) is 0 Å². The first-order valence-electron chi connectivity index (χ1n) is 13.0. The Hall–Kier alpha value is -4.99. The third-order valence-electron chi connectivity index (χ3n) is 7.17. The van der Waals surface area contributed by atoms with E-state index in [1.807, 2.05) is 0 Å². The zero-order chi connectivity index (χ0) is 31.2. The Kier molecular flexibility index (Phi) is 7.44. The number of carbonyl (C=O) groups excluding carboxylic acids is 2. The first-order valence-corrected chi connectivity index (χ1v) is 13.4. The number of ether oxygens (including phenoxy) is 1. The van der Waals surface area contributed by atoms with Crippen molar-refractivity contribution >= 4 is 29.6 Å². The van der Waals surface area contributed by atoms with Crippen molar-refractivity contribution < 1.29 is 31.9 Å². The van der Waals surface area contributed by atoms with E-state index in [0.29, 0.717) is 43.3 Å². The maximum absolute atomic E-state index is 13.8. The van der Waals surface area contributed by atoms with Crippen LogP contribution in [0, 0.1) is 0 Å². The SMILES string of the molecule is NC1=N[C@H](c2ccc(-c3cnn(C(F)F)c3)cc2)C(=O)N1[C@H](COC(=O)N1CC(F)(F)C1)c1ccc(Cl)c(-c2ncn[nH]2)c1. The first kappa shape index (κ1) is 29.1. The molecule has 1 saturated heterocycles. The van der Waals surface area contributed by atoms with Crippen molar-refractivity contribution in [2.24, 2.45) is 10.7 Å². The molecule has 0 saturated carbocycles. The molecule has 0 aliphatic carbocycles. The molecule has 0 spiro atoms. The summed E-state index contributed by atoms with van der Waals surface area (Å²) in [6.45, 7) is -4.78. The molecule has 6 rings (SSSR count). The number of aromatic nitrogens is 5. The summed E-state index contributed by atoms with van der Waals surface area (Å²) in [5.74, 6) is -3.38. The number of hydrogen-bond acceptors (Lipinski definition) is 8. The lowest BCUT2D eigenvalue weighted by molar-refractivity contribution is -0.131. The second kappa shape index (κ2) is 11.3. The van der Waals surface area contributed by atoms with Crippen molar-refractivity contribution in [1.29, 1.82) is 0 Å².